The van der Waals surface area contributed by atoms with E-state index < -0.39 is 15.6 Å². The second-order valence-electron chi connectivity index (χ2n) is 1.90. The highest BCUT2D eigenvalue weighted by Gasteiger charge is 2.49. The first-order chi connectivity index (χ1) is 5.83. The van der Waals surface area contributed by atoms with Gasteiger partial charge in [0.2, 0.25) is 0 Å². The van der Waals surface area contributed by atoms with Crippen LogP contribution in [0.5, 0.6) is 0 Å². The molecule has 0 radical (unpaired) electrons. The third-order valence-electron chi connectivity index (χ3n) is 0.948. The van der Waals surface area contributed by atoms with Gasteiger partial charge in [-0.05, 0) is 0 Å². The summed E-state index contributed by atoms with van der Waals surface area (Å²) in [6.45, 7) is 0. The van der Waals surface area contributed by atoms with Crippen molar-refractivity contribution in [1.29, 1.82) is 0 Å². The Hall–Kier alpha value is -1.25. The normalized spacial score (nSPS) is 12.8. The molecule has 0 aromatic carbocycles. The zero-order valence-corrected chi connectivity index (χ0v) is 6.71. The minimum absolute atomic E-state index is 0.336. The first kappa shape index (κ1) is 9.84. The Morgan fingerprint density at radius 2 is 2.00 bits per heavy atom. The predicted octanol–water partition coefficient (Wildman–Crippen LogP) is 0.161. The van der Waals surface area contributed by atoms with Gasteiger partial charge in [-0.3, -0.25) is 4.28 Å². The lowest BCUT2D eigenvalue weighted by Crippen LogP contribution is -2.32. The van der Waals surface area contributed by atoms with Gasteiger partial charge in [0.05, 0.1) is 6.20 Å². The summed E-state index contributed by atoms with van der Waals surface area (Å²) in [6.07, 6.45) is 2.78. The van der Waals surface area contributed by atoms with Gasteiger partial charge >= 0.3 is 15.6 Å². The molecule has 5 nitrogen and oxygen atoms in total. The molecule has 1 rings (SSSR count). The van der Waals surface area contributed by atoms with Gasteiger partial charge in [-0.15, -0.1) is 0 Å². The number of aromatic nitrogens is 2. The molecule has 1 aromatic rings. The average molecular weight is 216 g/mol. The lowest BCUT2D eigenvalue weighted by molar-refractivity contribution is -0.0546. The van der Waals surface area contributed by atoms with Crippen LogP contribution in [-0.2, 0) is 10.1 Å². The molecule has 0 aliphatic rings. The van der Waals surface area contributed by atoms with E-state index in [4.69, 9.17) is 0 Å². The molecule has 0 atom stereocenters. The smallest absolute Gasteiger partial charge is 0.280 e. The second-order valence-corrected chi connectivity index (χ2v) is 3.42. The lowest BCUT2D eigenvalue weighted by atomic mass is 11.0. The van der Waals surface area contributed by atoms with Gasteiger partial charge in [0.15, 0.2) is 0 Å². The van der Waals surface area contributed by atoms with E-state index in [1.807, 2.05) is 0 Å². The number of hydrogen-bond donors (Lipinski definition) is 0. The number of nitrogens with zero attached hydrogens (tertiary/aromatic N) is 2. The number of halogens is 3. The molecule has 0 aliphatic carbocycles. The highest BCUT2D eigenvalue weighted by molar-refractivity contribution is 7.87. The van der Waals surface area contributed by atoms with E-state index >= 15 is 0 Å². The maximum Gasteiger partial charge on any atom is 0.536 e. The van der Waals surface area contributed by atoms with Crippen LogP contribution in [0.15, 0.2) is 18.7 Å². The van der Waals surface area contributed by atoms with Crippen LogP contribution < -0.4 is 4.28 Å². The van der Waals surface area contributed by atoms with Gasteiger partial charge in [-0.2, -0.15) is 26.3 Å². The Morgan fingerprint density at radius 3 is 2.38 bits per heavy atom. The Bertz CT molecular complexity index is 368. The standard InChI is InChI=1S/C4H3F3N2O3S/c5-4(6,7)13(10,11)12-9-2-1-8-3-9/h1-3H. The largest absolute Gasteiger partial charge is 0.536 e. The Balaban J connectivity index is 2.87. The number of alkyl halides is 3. The SMILES string of the molecule is O=S(=O)(On1ccnc1)C(F)(F)F. The third kappa shape index (κ3) is 2.11. The van der Waals surface area contributed by atoms with Gasteiger partial charge in [-0.25, -0.2) is 4.98 Å². The number of imidazole rings is 1. The van der Waals surface area contributed by atoms with Crippen LogP contribution in [0.3, 0.4) is 0 Å². The molecule has 1 heterocycles. The van der Waals surface area contributed by atoms with Crippen LogP contribution in [0.2, 0.25) is 0 Å². The van der Waals surface area contributed by atoms with Crippen molar-refractivity contribution in [2.45, 2.75) is 5.51 Å². The van der Waals surface area contributed by atoms with E-state index in [-0.39, 0.29) is 0 Å². The highest BCUT2D eigenvalue weighted by Crippen LogP contribution is 2.22. The summed E-state index contributed by atoms with van der Waals surface area (Å²) in [6, 6.07) is 0. The van der Waals surface area contributed by atoms with E-state index in [0.29, 0.717) is 4.73 Å². The predicted molar refractivity (Wildman–Crippen MR) is 33.8 cm³/mol. The van der Waals surface area contributed by atoms with Gasteiger partial charge in [0.1, 0.15) is 6.33 Å². The van der Waals surface area contributed by atoms with Crippen molar-refractivity contribution in [2.24, 2.45) is 0 Å². The van der Waals surface area contributed by atoms with Crippen LogP contribution in [0, 0.1) is 0 Å². The molecule has 0 saturated heterocycles. The minimum atomic E-state index is -5.60. The molecule has 0 N–H and O–H groups in total. The molecule has 0 spiro atoms. The summed E-state index contributed by atoms with van der Waals surface area (Å²) in [5, 5.41) is 0. The summed E-state index contributed by atoms with van der Waals surface area (Å²) in [5.74, 6) is 0. The van der Waals surface area contributed by atoms with E-state index in [0.717, 1.165) is 18.7 Å². The molecule has 1 aromatic heterocycles. The highest BCUT2D eigenvalue weighted by atomic mass is 32.2. The van der Waals surface area contributed by atoms with E-state index in [9.17, 15) is 21.6 Å². The van der Waals surface area contributed by atoms with Crippen molar-refractivity contribution < 1.29 is 25.9 Å². The molecule has 0 amide bonds. The molecule has 9 heteroatoms. The molecule has 0 unspecified atom stereocenters. The molecule has 0 saturated carbocycles. The quantitative estimate of drug-likeness (QED) is 0.661. The fourth-order valence-corrected chi connectivity index (χ4v) is 0.846. The van der Waals surface area contributed by atoms with E-state index in [1.165, 1.54) is 0 Å². The summed E-state index contributed by atoms with van der Waals surface area (Å²) < 4.78 is 59.6. The van der Waals surface area contributed by atoms with Crippen molar-refractivity contribution in [3.05, 3.63) is 18.7 Å². The summed E-state index contributed by atoms with van der Waals surface area (Å²) in [5.41, 5.74) is -5.43. The summed E-state index contributed by atoms with van der Waals surface area (Å²) in [4.78, 5) is 3.29. The molecule has 13 heavy (non-hydrogen) atoms. The van der Waals surface area contributed by atoms with E-state index in [1.54, 1.807) is 0 Å². The van der Waals surface area contributed by atoms with Crippen LogP contribution in [0.4, 0.5) is 13.2 Å². The fourth-order valence-electron chi connectivity index (χ4n) is 0.447. The monoisotopic (exact) mass is 216 g/mol. The molecule has 74 valence electrons. The maximum absolute atomic E-state index is 11.7. The fraction of sp³-hybridized carbons (Fsp3) is 0.250. The number of rotatable bonds is 2. The minimum Gasteiger partial charge on any atom is -0.280 e. The van der Waals surface area contributed by atoms with Gasteiger partial charge in [-0.1, -0.05) is 0 Å². The van der Waals surface area contributed by atoms with Crippen LogP contribution in [0.1, 0.15) is 0 Å². The van der Waals surface area contributed by atoms with Crippen molar-refractivity contribution in [1.82, 2.24) is 9.71 Å². The molecule has 0 fully saturated rings. The summed E-state index contributed by atoms with van der Waals surface area (Å²) in [7, 11) is -5.60. The van der Waals surface area contributed by atoms with Gasteiger partial charge in [0, 0.05) is 6.20 Å². The molecule has 0 bridgehead atoms. The van der Waals surface area contributed by atoms with Crippen LogP contribution >= 0.6 is 0 Å². The zero-order valence-electron chi connectivity index (χ0n) is 5.89. The summed E-state index contributed by atoms with van der Waals surface area (Å²) >= 11 is 0. The molecule has 0 aliphatic heterocycles. The van der Waals surface area contributed by atoms with Gasteiger partial charge in [0.25, 0.3) is 0 Å². The average Bonchev–Trinajstić information content (AvgIpc) is 2.35. The van der Waals surface area contributed by atoms with Crippen LogP contribution in [0.25, 0.3) is 0 Å². The van der Waals surface area contributed by atoms with Crippen molar-refractivity contribution >= 4 is 10.1 Å². The van der Waals surface area contributed by atoms with E-state index in [2.05, 4.69) is 9.27 Å². The molecular formula is C4H3F3N2O3S. The van der Waals surface area contributed by atoms with Crippen molar-refractivity contribution in [3.8, 4) is 0 Å². The first-order valence-electron chi connectivity index (χ1n) is 2.82. The first-order valence-corrected chi connectivity index (χ1v) is 4.23. The molecular weight excluding hydrogens is 213 g/mol. The Kier molecular flexibility index (Phi) is 2.20. The van der Waals surface area contributed by atoms with Crippen molar-refractivity contribution in [3.63, 3.8) is 0 Å². The zero-order chi connectivity index (χ0) is 10.1. The third-order valence-corrected chi connectivity index (χ3v) is 1.88. The van der Waals surface area contributed by atoms with Crippen molar-refractivity contribution in [2.75, 3.05) is 0 Å². The van der Waals surface area contributed by atoms with Gasteiger partial charge < -0.3 is 0 Å². The topological polar surface area (TPSA) is 61.2 Å². The second kappa shape index (κ2) is 2.91. The Labute approximate surface area is 70.8 Å². The van der Waals surface area contributed by atoms with Crippen LogP contribution in [-0.4, -0.2) is 23.6 Å². The maximum atomic E-state index is 11.7. The Morgan fingerprint density at radius 1 is 1.38 bits per heavy atom. The number of hydrogen-bond acceptors (Lipinski definition) is 4. The lowest BCUT2D eigenvalue weighted by Gasteiger charge is -2.07.